The van der Waals surface area contributed by atoms with Crippen molar-refractivity contribution in [1.29, 1.82) is 0 Å². The van der Waals surface area contributed by atoms with Gasteiger partial charge in [0.25, 0.3) is 5.91 Å². The number of amides is 1. The van der Waals surface area contributed by atoms with Crippen LogP contribution < -0.4 is 9.80 Å². The number of nitrogens with one attached hydrogen (secondary N) is 1. The molecule has 29 heavy (non-hydrogen) atoms. The third-order valence-electron chi connectivity index (χ3n) is 5.87. The fourth-order valence-electron chi connectivity index (χ4n) is 4.06. The van der Waals surface area contributed by atoms with Gasteiger partial charge in [0, 0.05) is 10.9 Å². The molecule has 2 heterocycles. The predicted molar refractivity (Wildman–Crippen MR) is 112 cm³/mol. The van der Waals surface area contributed by atoms with Crippen LogP contribution in [0.25, 0.3) is 16.5 Å². The van der Waals surface area contributed by atoms with Gasteiger partial charge in [0.1, 0.15) is 18.7 Å². The highest BCUT2D eigenvalue weighted by molar-refractivity contribution is 6.24. The average molecular weight is 384 g/mol. The van der Waals surface area contributed by atoms with Gasteiger partial charge >= 0.3 is 0 Å². The molecule has 3 aromatic carbocycles. The lowest BCUT2D eigenvalue weighted by Gasteiger charge is -2.27. The first-order chi connectivity index (χ1) is 14.1. The minimum atomic E-state index is 0.0879. The summed E-state index contributed by atoms with van der Waals surface area (Å²) in [5.74, 6) is 0.0879. The van der Waals surface area contributed by atoms with Crippen LogP contribution in [0.5, 0.6) is 0 Å². The fraction of sp³-hybridized carbons (Fsp3) is 0.174. The van der Waals surface area contributed by atoms with Crippen LogP contribution in [0, 0.1) is 0 Å². The zero-order valence-corrected chi connectivity index (χ0v) is 16.4. The third-order valence-corrected chi connectivity index (χ3v) is 5.87. The monoisotopic (exact) mass is 384 g/mol. The van der Waals surface area contributed by atoms with Crippen molar-refractivity contribution in [3.63, 3.8) is 0 Å². The number of rotatable bonds is 5. The van der Waals surface area contributed by atoms with E-state index in [0.717, 1.165) is 27.7 Å². The maximum absolute atomic E-state index is 13.0. The maximum Gasteiger partial charge on any atom is 0.263 e. The number of anilines is 1. The van der Waals surface area contributed by atoms with Gasteiger partial charge in [-0.15, -0.1) is 0 Å². The highest BCUT2D eigenvalue weighted by Gasteiger charge is 2.32. The highest BCUT2D eigenvalue weighted by atomic mass is 16.2. The molecule has 4 aromatic rings. The first-order valence-electron chi connectivity index (χ1n) is 9.74. The van der Waals surface area contributed by atoms with Gasteiger partial charge in [-0.25, -0.2) is 9.67 Å². The summed E-state index contributed by atoms with van der Waals surface area (Å²) in [6.07, 6.45) is 3.22. The van der Waals surface area contributed by atoms with Crippen molar-refractivity contribution < 1.29 is 9.69 Å². The van der Waals surface area contributed by atoms with E-state index in [2.05, 4.69) is 48.3 Å². The van der Waals surface area contributed by atoms with Crippen LogP contribution in [-0.4, -0.2) is 34.4 Å². The number of hydrogen-bond donors (Lipinski definition) is 1. The molecule has 0 aliphatic carbocycles. The molecular weight excluding hydrogens is 362 g/mol. The molecule has 0 bridgehead atoms. The highest BCUT2D eigenvalue weighted by Crippen LogP contribution is 2.36. The van der Waals surface area contributed by atoms with Crippen LogP contribution >= 0.6 is 0 Å². The first-order valence-corrected chi connectivity index (χ1v) is 9.74. The van der Waals surface area contributed by atoms with Crippen molar-refractivity contribution in [3.8, 4) is 5.69 Å². The van der Waals surface area contributed by atoms with Gasteiger partial charge in [-0.3, -0.25) is 9.69 Å². The lowest BCUT2D eigenvalue weighted by molar-refractivity contribution is -0.909. The van der Waals surface area contributed by atoms with E-state index in [9.17, 15) is 4.79 Å². The second kappa shape index (κ2) is 6.83. The van der Waals surface area contributed by atoms with Gasteiger partial charge in [-0.05, 0) is 36.6 Å². The molecule has 1 N–H and O–H groups in total. The zero-order chi connectivity index (χ0) is 20.0. The summed E-state index contributed by atoms with van der Waals surface area (Å²) in [5.41, 5.74) is 4.01. The quantitative estimate of drug-likeness (QED) is 0.576. The maximum atomic E-state index is 13.0. The van der Waals surface area contributed by atoms with Crippen molar-refractivity contribution >= 4 is 22.4 Å². The Balaban J connectivity index is 1.37. The summed E-state index contributed by atoms with van der Waals surface area (Å²) in [6, 6.07) is 20.6. The van der Waals surface area contributed by atoms with Crippen LogP contribution in [0.1, 0.15) is 28.9 Å². The SMILES string of the molecule is C[C@H](c1ccc(-n2cncn2)cc1)[NH+](C)CN1C(=O)c2cccc3cccc1c23. The van der Waals surface area contributed by atoms with Crippen molar-refractivity contribution in [2.45, 2.75) is 13.0 Å². The molecule has 1 aliphatic heterocycles. The lowest BCUT2D eigenvalue weighted by Crippen LogP contribution is -3.10. The summed E-state index contributed by atoms with van der Waals surface area (Å²) in [5, 5.41) is 6.35. The fourth-order valence-corrected chi connectivity index (χ4v) is 4.06. The number of quaternary nitrogens is 1. The molecule has 1 amide bonds. The molecule has 5 rings (SSSR count). The first kappa shape index (κ1) is 17.6. The Morgan fingerprint density at radius 1 is 1.03 bits per heavy atom. The Labute approximate surface area is 169 Å². The molecule has 0 radical (unpaired) electrons. The second-order valence-corrected chi connectivity index (χ2v) is 7.57. The predicted octanol–water partition coefficient (Wildman–Crippen LogP) is 2.61. The number of benzene rings is 3. The molecule has 0 fully saturated rings. The minimum absolute atomic E-state index is 0.0879. The molecule has 1 unspecified atom stereocenters. The summed E-state index contributed by atoms with van der Waals surface area (Å²) in [4.78, 5) is 20.2. The van der Waals surface area contributed by atoms with Crippen LogP contribution in [0.3, 0.4) is 0 Å². The molecule has 0 saturated carbocycles. The van der Waals surface area contributed by atoms with Crippen molar-refractivity contribution in [1.82, 2.24) is 14.8 Å². The van der Waals surface area contributed by atoms with Crippen molar-refractivity contribution in [2.24, 2.45) is 0 Å². The van der Waals surface area contributed by atoms with Crippen molar-refractivity contribution in [3.05, 3.63) is 84.4 Å². The molecule has 0 spiro atoms. The molecule has 1 aromatic heterocycles. The smallest absolute Gasteiger partial charge is 0.263 e. The Kier molecular flexibility index (Phi) is 4.14. The topological polar surface area (TPSA) is 55.5 Å². The average Bonchev–Trinajstić information content (AvgIpc) is 3.38. The molecule has 1 aliphatic rings. The normalized spacial score (nSPS) is 15.1. The van der Waals surface area contributed by atoms with Gasteiger partial charge in [-0.2, -0.15) is 5.10 Å². The van der Waals surface area contributed by atoms with Gasteiger partial charge in [0.05, 0.1) is 24.0 Å². The molecule has 2 atom stereocenters. The van der Waals surface area contributed by atoms with E-state index in [0.29, 0.717) is 6.67 Å². The third kappa shape index (κ3) is 2.89. The van der Waals surface area contributed by atoms with E-state index < -0.39 is 0 Å². The number of carbonyl (C=O) groups excluding carboxylic acids is 1. The van der Waals surface area contributed by atoms with Gasteiger partial charge < -0.3 is 4.90 Å². The van der Waals surface area contributed by atoms with Gasteiger partial charge in [0.15, 0.2) is 6.67 Å². The summed E-state index contributed by atoms with van der Waals surface area (Å²) < 4.78 is 1.74. The molecule has 0 saturated heterocycles. The molecule has 6 nitrogen and oxygen atoms in total. The van der Waals surface area contributed by atoms with Gasteiger partial charge in [-0.1, -0.05) is 36.4 Å². The van der Waals surface area contributed by atoms with Crippen LogP contribution in [0.4, 0.5) is 5.69 Å². The van der Waals surface area contributed by atoms with Crippen LogP contribution in [0.2, 0.25) is 0 Å². The Morgan fingerprint density at radius 3 is 2.52 bits per heavy atom. The zero-order valence-electron chi connectivity index (χ0n) is 16.4. The Morgan fingerprint density at radius 2 is 1.79 bits per heavy atom. The summed E-state index contributed by atoms with van der Waals surface area (Å²) in [6.45, 7) is 2.80. The largest absolute Gasteiger partial charge is 0.314 e. The lowest BCUT2D eigenvalue weighted by atomic mass is 10.1. The number of hydrogen-bond acceptors (Lipinski definition) is 3. The van der Waals surface area contributed by atoms with E-state index in [4.69, 9.17) is 0 Å². The molecule has 6 heteroatoms. The number of carbonyl (C=O) groups is 1. The standard InChI is InChI=1S/C23H21N5O/c1-16(17-9-11-19(12-10-17)28-14-24-13-25-28)26(2)15-27-21-8-4-6-18-5-3-7-20(22(18)21)23(27)29/h3-14,16H,15H2,1-2H3/p+1/t16-/m1/s1. The van der Waals surface area contributed by atoms with E-state index in [-0.39, 0.29) is 11.9 Å². The molecular formula is C23H22N5O+. The van der Waals surface area contributed by atoms with E-state index in [1.165, 1.54) is 16.8 Å². The number of nitrogens with zero attached hydrogens (tertiary/aromatic N) is 4. The van der Waals surface area contributed by atoms with E-state index in [1.54, 1.807) is 11.0 Å². The summed E-state index contributed by atoms with van der Waals surface area (Å²) in [7, 11) is 2.13. The van der Waals surface area contributed by atoms with Crippen molar-refractivity contribution in [2.75, 3.05) is 18.6 Å². The molecule has 144 valence electrons. The summed E-state index contributed by atoms with van der Waals surface area (Å²) >= 11 is 0. The minimum Gasteiger partial charge on any atom is -0.314 e. The Bertz CT molecular complexity index is 1180. The second-order valence-electron chi connectivity index (χ2n) is 7.57. The van der Waals surface area contributed by atoms with E-state index in [1.807, 2.05) is 41.3 Å². The van der Waals surface area contributed by atoms with Crippen LogP contribution in [0.15, 0.2) is 73.3 Å². The van der Waals surface area contributed by atoms with Crippen LogP contribution in [-0.2, 0) is 0 Å². The number of aromatic nitrogens is 3. The van der Waals surface area contributed by atoms with Gasteiger partial charge in [0.2, 0.25) is 0 Å². The van der Waals surface area contributed by atoms with E-state index >= 15 is 0 Å². The Hall–Kier alpha value is -3.51.